The molecule has 1 heterocycles. The van der Waals surface area contributed by atoms with Crippen LogP contribution in [0.2, 0.25) is 0 Å². The zero-order chi connectivity index (χ0) is 13.8. The average Bonchev–Trinajstić information content (AvgIpc) is 2.37. The Balaban J connectivity index is 2.17. The molecule has 19 heavy (non-hydrogen) atoms. The molecule has 1 aliphatic heterocycles. The Hall–Kier alpha value is -1.75. The van der Waals surface area contributed by atoms with Crippen LogP contribution in [0.3, 0.4) is 0 Å². The van der Waals surface area contributed by atoms with E-state index in [0.717, 1.165) is 0 Å². The summed E-state index contributed by atoms with van der Waals surface area (Å²) < 4.78 is 10.9. The summed E-state index contributed by atoms with van der Waals surface area (Å²) in [6.07, 6.45) is -0.391. The molecule has 1 fully saturated rings. The number of carbonyl (C=O) groups excluding carboxylic acids is 1. The normalized spacial score (nSPS) is 15.0. The zero-order valence-electron chi connectivity index (χ0n) is 11.3. The third-order valence-corrected chi connectivity index (χ3v) is 2.94. The molecule has 1 saturated heterocycles. The third kappa shape index (κ3) is 2.98. The van der Waals surface area contributed by atoms with Crippen molar-refractivity contribution in [1.82, 2.24) is 4.90 Å². The van der Waals surface area contributed by atoms with Crippen molar-refractivity contribution in [2.45, 2.75) is 20.0 Å². The van der Waals surface area contributed by atoms with Crippen molar-refractivity contribution < 1.29 is 19.4 Å². The van der Waals surface area contributed by atoms with Crippen LogP contribution in [0.25, 0.3) is 0 Å². The van der Waals surface area contributed by atoms with Gasteiger partial charge in [0, 0.05) is 18.7 Å². The Labute approximate surface area is 112 Å². The minimum atomic E-state index is -0.391. The maximum atomic E-state index is 12.1. The summed E-state index contributed by atoms with van der Waals surface area (Å²) in [6, 6.07) is 5.17. The van der Waals surface area contributed by atoms with Crippen molar-refractivity contribution in [2.75, 3.05) is 26.3 Å². The van der Waals surface area contributed by atoms with Gasteiger partial charge >= 0.3 is 0 Å². The van der Waals surface area contributed by atoms with E-state index in [0.29, 0.717) is 43.4 Å². The van der Waals surface area contributed by atoms with Gasteiger partial charge in [0.25, 0.3) is 5.91 Å². The fraction of sp³-hybridized carbons (Fsp3) is 0.500. The first-order valence-electron chi connectivity index (χ1n) is 6.52. The van der Waals surface area contributed by atoms with Crippen LogP contribution in [-0.4, -0.2) is 48.3 Å². The third-order valence-electron chi connectivity index (χ3n) is 2.94. The Kier molecular flexibility index (Phi) is 4.27. The Morgan fingerprint density at radius 2 is 1.89 bits per heavy atom. The van der Waals surface area contributed by atoms with Gasteiger partial charge in [-0.25, -0.2) is 0 Å². The SMILES string of the molecule is CCOc1ccc(C(=O)N2CC(O)C2)cc1OCC. The van der Waals surface area contributed by atoms with Gasteiger partial charge in [0.2, 0.25) is 0 Å². The highest BCUT2D eigenvalue weighted by molar-refractivity contribution is 5.95. The Morgan fingerprint density at radius 3 is 2.47 bits per heavy atom. The van der Waals surface area contributed by atoms with Crippen molar-refractivity contribution in [2.24, 2.45) is 0 Å². The summed E-state index contributed by atoms with van der Waals surface area (Å²) in [7, 11) is 0. The van der Waals surface area contributed by atoms with E-state index in [1.807, 2.05) is 13.8 Å². The summed E-state index contributed by atoms with van der Waals surface area (Å²) in [5, 5.41) is 9.23. The lowest BCUT2D eigenvalue weighted by Gasteiger charge is -2.35. The van der Waals surface area contributed by atoms with Gasteiger partial charge in [-0.3, -0.25) is 4.79 Å². The molecule has 1 N–H and O–H groups in total. The van der Waals surface area contributed by atoms with Crippen LogP contribution in [0, 0.1) is 0 Å². The van der Waals surface area contributed by atoms with Crippen LogP contribution < -0.4 is 9.47 Å². The number of amides is 1. The molecule has 1 aliphatic rings. The smallest absolute Gasteiger partial charge is 0.254 e. The topological polar surface area (TPSA) is 59.0 Å². The number of hydrogen-bond acceptors (Lipinski definition) is 4. The molecule has 0 saturated carbocycles. The molecule has 2 rings (SSSR count). The van der Waals surface area contributed by atoms with Gasteiger partial charge < -0.3 is 19.5 Å². The lowest BCUT2D eigenvalue weighted by Crippen LogP contribution is -2.53. The van der Waals surface area contributed by atoms with Gasteiger partial charge in [-0.05, 0) is 32.0 Å². The summed E-state index contributed by atoms with van der Waals surface area (Å²) >= 11 is 0. The molecule has 0 radical (unpaired) electrons. The minimum Gasteiger partial charge on any atom is -0.490 e. The molecule has 5 heteroatoms. The number of ether oxygens (including phenoxy) is 2. The highest BCUT2D eigenvalue weighted by atomic mass is 16.5. The van der Waals surface area contributed by atoms with Gasteiger partial charge in [-0.1, -0.05) is 0 Å². The summed E-state index contributed by atoms with van der Waals surface area (Å²) in [4.78, 5) is 13.7. The zero-order valence-corrected chi connectivity index (χ0v) is 11.3. The molecular weight excluding hydrogens is 246 g/mol. The second-order valence-electron chi connectivity index (χ2n) is 4.39. The van der Waals surface area contributed by atoms with Crippen molar-refractivity contribution in [3.63, 3.8) is 0 Å². The predicted octanol–water partition coefficient (Wildman–Crippen LogP) is 1.30. The molecule has 0 aliphatic carbocycles. The van der Waals surface area contributed by atoms with E-state index >= 15 is 0 Å². The molecule has 1 aromatic carbocycles. The van der Waals surface area contributed by atoms with Crippen LogP contribution >= 0.6 is 0 Å². The Morgan fingerprint density at radius 1 is 1.26 bits per heavy atom. The van der Waals surface area contributed by atoms with Crippen molar-refractivity contribution in [1.29, 1.82) is 0 Å². The maximum absolute atomic E-state index is 12.1. The highest BCUT2D eigenvalue weighted by Gasteiger charge is 2.29. The van der Waals surface area contributed by atoms with E-state index in [4.69, 9.17) is 9.47 Å². The van der Waals surface area contributed by atoms with Crippen molar-refractivity contribution >= 4 is 5.91 Å². The van der Waals surface area contributed by atoms with E-state index in [1.165, 1.54) is 0 Å². The number of rotatable bonds is 5. The van der Waals surface area contributed by atoms with E-state index in [2.05, 4.69) is 0 Å². The number of carbonyl (C=O) groups is 1. The Bertz CT molecular complexity index is 455. The van der Waals surface area contributed by atoms with E-state index in [9.17, 15) is 9.90 Å². The van der Waals surface area contributed by atoms with Crippen LogP contribution in [-0.2, 0) is 0 Å². The average molecular weight is 265 g/mol. The minimum absolute atomic E-state index is 0.0886. The van der Waals surface area contributed by atoms with Gasteiger partial charge in [0.1, 0.15) is 0 Å². The molecular formula is C14H19NO4. The first-order chi connectivity index (χ1) is 9.15. The first kappa shape index (κ1) is 13.7. The summed E-state index contributed by atoms with van der Waals surface area (Å²) in [6.45, 7) is 5.64. The standard InChI is InChI=1S/C14H19NO4/c1-3-18-12-6-5-10(7-13(12)19-4-2)14(17)15-8-11(16)9-15/h5-7,11,16H,3-4,8-9H2,1-2H3. The number of β-amino-alcohol motifs (C(OH)–C–C–N with tert-alkyl or cyclic N) is 1. The van der Waals surface area contributed by atoms with Gasteiger partial charge in [-0.2, -0.15) is 0 Å². The largest absolute Gasteiger partial charge is 0.490 e. The number of benzene rings is 1. The van der Waals surface area contributed by atoms with Crippen molar-refractivity contribution in [3.8, 4) is 11.5 Å². The van der Waals surface area contributed by atoms with Gasteiger partial charge in [0.05, 0.1) is 19.3 Å². The van der Waals surface area contributed by atoms with E-state index in [-0.39, 0.29) is 5.91 Å². The van der Waals surface area contributed by atoms with Crippen LogP contribution in [0.5, 0.6) is 11.5 Å². The summed E-state index contributed by atoms with van der Waals surface area (Å²) in [5.41, 5.74) is 0.554. The first-order valence-corrected chi connectivity index (χ1v) is 6.52. The van der Waals surface area contributed by atoms with Crippen LogP contribution in [0.1, 0.15) is 24.2 Å². The molecule has 0 spiro atoms. The maximum Gasteiger partial charge on any atom is 0.254 e. The van der Waals surface area contributed by atoms with Gasteiger partial charge in [0.15, 0.2) is 11.5 Å². The lowest BCUT2D eigenvalue weighted by molar-refractivity contribution is 0.00587. The van der Waals surface area contributed by atoms with E-state index < -0.39 is 6.10 Å². The number of aliphatic hydroxyl groups is 1. The second kappa shape index (κ2) is 5.93. The fourth-order valence-electron chi connectivity index (χ4n) is 1.99. The second-order valence-corrected chi connectivity index (χ2v) is 4.39. The molecule has 0 aromatic heterocycles. The lowest BCUT2D eigenvalue weighted by atomic mass is 10.1. The molecule has 1 amide bonds. The highest BCUT2D eigenvalue weighted by Crippen LogP contribution is 2.29. The van der Waals surface area contributed by atoms with Crippen molar-refractivity contribution in [3.05, 3.63) is 23.8 Å². The predicted molar refractivity (Wildman–Crippen MR) is 70.7 cm³/mol. The van der Waals surface area contributed by atoms with Crippen LogP contribution in [0.15, 0.2) is 18.2 Å². The summed E-state index contributed by atoms with van der Waals surface area (Å²) in [5.74, 6) is 1.13. The molecule has 5 nitrogen and oxygen atoms in total. The number of aliphatic hydroxyl groups excluding tert-OH is 1. The molecule has 1 aromatic rings. The van der Waals surface area contributed by atoms with E-state index in [1.54, 1.807) is 23.1 Å². The molecule has 104 valence electrons. The number of hydrogen-bond donors (Lipinski definition) is 1. The van der Waals surface area contributed by atoms with Gasteiger partial charge in [-0.15, -0.1) is 0 Å². The fourth-order valence-corrected chi connectivity index (χ4v) is 1.99. The van der Waals surface area contributed by atoms with Crippen LogP contribution in [0.4, 0.5) is 0 Å². The molecule has 0 unspecified atom stereocenters. The quantitative estimate of drug-likeness (QED) is 0.872. The monoisotopic (exact) mass is 265 g/mol. The molecule has 0 atom stereocenters. The number of nitrogens with zero attached hydrogens (tertiary/aromatic N) is 1. The number of likely N-dealkylation sites (tertiary alicyclic amines) is 1. The molecule has 0 bridgehead atoms.